The van der Waals surface area contributed by atoms with Gasteiger partial charge in [-0.25, -0.2) is 4.99 Å². The second-order valence-electron chi connectivity index (χ2n) is 7.39. The van der Waals surface area contributed by atoms with E-state index in [0.29, 0.717) is 25.2 Å². The van der Waals surface area contributed by atoms with Crippen molar-refractivity contribution >= 4 is 11.9 Å². The van der Waals surface area contributed by atoms with Crippen LogP contribution in [0.1, 0.15) is 17.5 Å². The number of hydrogen-bond donors (Lipinski definition) is 2. The maximum Gasteiger partial charge on any atom is 0.243 e. The van der Waals surface area contributed by atoms with Gasteiger partial charge in [0.15, 0.2) is 5.96 Å². The van der Waals surface area contributed by atoms with Gasteiger partial charge >= 0.3 is 0 Å². The van der Waals surface area contributed by atoms with Crippen molar-refractivity contribution in [2.45, 2.75) is 25.3 Å². The molecule has 1 aliphatic rings. The molecule has 1 amide bonds. The molecule has 0 aliphatic heterocycles. The molecule has 0 radical (unpaired) electrons. The fourth-order valence-corrected chi connectivity index (χ4v) is 3.31. The second kappa shape index (κ2) is 10.5. The maximum atomic E-state index is 12.0. The smallest absolute Gasteiger partial charge is 0.243 e. The number of nitrogens with zero attached hydrogens (tertiary/aromatic N) is 2. The highest BCUT2D eigenvalue weighted by Crippen LogP contribution is 2.20. The predicted molar refractivity (Wildman–Crippen MR) is 116 cm³/mol. The molecule has 29 heavy (non-hydrogen) atoms. The number of benzene rings is 2. The number of para-hydroxylation sites is 1. The molecule has 0 saturated heterocycles. The Morgan fingerprint density at radius 1 is 1.10 bits per heavy atom. The van der Waals surface area contributed by atoms with Crippen molar-refractivity contribution in [2.75, 3.05) is 33.8 Å². The van der Waals surface area contributed by atoms with Crippen LogP contribution in [-0.2, 0) is 17.6 Å². The summed E-state index contributed by atoms with van der Waals surface area (Å²) in [5.41, 5.74) is 2.81. The quantitative estimate of drug-likeness (QED) is 0.429. The van der Waals surface area contributed by atoms with Crippen molar-refractivity contribution in [1.82, 2.24) is 15.5 Å². The summed E-state index contributed by atoms with van der Waals surface area (Å²) in [4.78, 5) is 18.0. The Kier molecular flexibility index (Phi) is 7.50. The topological polar surface area (TPSA) is 66.0 Å². The number of hydrogen-bond acceptors (Lipinski definition) is 3. The summed E-state index contributed by atoms with van der Waals surface area (Å²) in [6.45, 7) is 1.23. The molecule has 6 heteroatoms. The van der Waals surface area contributed by atoms with E-state index >= 15 is 0 Å². The Morgan fingerprint density at radius 3 is 2.59 bits per heavy atom. The van der Waals surface area contributed by atoms with E-state index in [0.717, 1.165) is 25.0 Å². The van der Waals surface area contributed by atoms with E-state index in [-0.39, 0.29) is 12.5 Å². The van der Waals surface area contributed by atoms with Crippen molar-refractivity contribution in [2.24, 2.45) is 4.99 Å². The zero-order valence-corrected chi connectivity index (χ0v) is 17.2. The van der Waals surface area contributed by atoms with E-state index in [2.05, 4.69) is 39.9 Å². The second-order valence-corrected chi connectivity index (χ2v) is 7.39. The van der Waals surface area contributed by atoms with E-state index in [1.165, 1.54) is 11.1 Å². The first-order valence-electron chi connectivity index (χ1n) is 10.1. The number of rotatable bonds is 7. The lowest BCUT2D eigenvalue weighted by atomic mass is 9.88. The standard InChI is InChI=1S/C23H30N4O2/c1-27(2)22(28)17-25-23(24-14-15-29-21-10-4-3-5-11-21)26-20-13-12-18-8-6-7-9-19(18)16-20/h3-11,20H,12-17H2,1-2H3,(H2,24,25,26). The van der Waals surface area contributed by atoms with Crippen LogP contribution in [0.2, 0.25) is 0 Å². The van der Waals surface area contributed by atoms with E-state index in [4.69, 9.17) is 4.74 Å². The van der Waals surface area contributed by atoms with Crippen LogP contribution in [0.15, 0.2) is 59.6 Å². The van der Waals surface area contributed by atoms with Gasteiger partial charge in [-0.3, -0.25) is 4.79 Å². The van der Waals surface area contributed by atoms with E-state index < -0.39 is 0 Å². The monoisotopic (exact) mass is 394 g/mol. The third-order valence-electron chi connectivity index (χ3n) is 4.97. The molecule has 154 valence electrons. The van der Waals surface area contributed by atoms with Crippen molar-refractivity contribution in [3.63, 3.8) is 0 Å². The van der Waals surface area contributed by atoms with Crippen molar-refractivity contribution in [3.05, 3.63) is 65.7 Å². The Hall–Kier alpha value is -3.02. The van der Waals surface area contributed by atoms with Gasteiger partial charge in [-0.15, -0.1) is 0 Å². The summed E-state index contributed by atoms with van der Waals surface area (Å²) < 4.78 is 5.74. The zero-order valence-electron chi connectivity index (χ0n) is 17.2. The van der Waals surface area contributed by atoms with Gasteiger partial charge in [0.2, 0.25) is 5.91 Å². The summed E-state index contributed by atoms with van der Waals surface area (Å²) >= 11 is 0. The molecule has 0 bridgehead atoms. The summed E-state index contributed by atoms with van der Waals surface area (Å²) in [6, 6.07) is 18.6. The van der Waals surface area contributed by atoms with Crippen LogP contribution >= 0.6 is 0 Å². The molecule has 1 atom stereocenters. The average molecular weight is 395 g/mol. The van der Waals surface area contributed by atoms with E-state index in [9.17, 15) is 4.79 Å². The largest absolute Gasteiger partial charge is 0.492 e. The molecule has 1 aliphatic carbocycles. The molecule has 2 aromatic carbocycles. The Balaban J connectivity index is 1.55. The van der Waals surface area contributed by atoms with Crippen LogP contribution < -0.4 is 15.4 Å². The van der Waals surface area contributed by atoms with Gasteiger partial charge in [-0.05, 0) is 42.5 Å². The number of nitrogens with one attached hydrogen (secondary N) is 2. The minimum atomic E-state index is -0.0272. The highest BCUT2D eigenvalue weighted by molar-refractivity contribution is 5.85. The third kappa shape index (κ3) is 6.52. The molecule has 0 heterocycles. The first-order valence-corrected chi connectivity index (χ1v) is 10.1. The summed E-state index contributed by atoms with van der Waals surface area (Å²) in [7, 11) is 3.48. The third-order valence-corrected chi connectivity index (χ3v) is 4.97. The van der Waals surface area contributed by atoms with E-state index in [1.54, 1.807) is 19.0 Å². The van der Waals surface area contributed by atoms with Gasteiger partial charge in [0.05, 0.1) is 6.54 Å². The van der Waals surface area contributed by atoms with Crippen LogP contribution in [0.25, 0.3) is 0 Å². The summed E-state index contributed by atoms with van der Waals surface area (Å²) in [5.74, 6) is 1.47. The number of ether oxygens (including phenoxy) is 1. The molecule has 3 rings (SSSR count). The molecule has 1 unspecified atom stereocenters. The van der Waals surface area contributed by atoms with Gasteiger partial charge in [0, 0.05) is 20.1 Å². The number of aryl methyl sites for hydroxylation is 1. The van der Waals surface area contributed by atoms with Crippen LogP contribution in [0, 0.1) is 0 Å². The van der Waals surface area contributed by atoms with Gasteiger partial charge < -0.3 is 20.3 Å². The highest BCUT2D eigenvalue weighted by Gasteiger charge is 2.19. The SMILES string of the molecule is CN(C)C(=O)CN=C(NCCOc1ccccc1)NC1CCc2ccccc2C1. The van der Waals surface area contributed by atoms with Crippen LogP contribution in [0.4, 0.5) is 0 Å². The molecule has 0 saturated carbocycles. The number of fused-ring (bicyclic) bond motifs is 1. The van der Waals surface area contributed by atoms with Crippen molar-refractivity contribution in [1.29, 1.82) is 0 Å². The molecule has 0 aromatic heterocycles. The van der Waals surface area contributed by atoms with Gasteiger partial charge in [0.25, 0.3) is 0 Å². The van der Waals surface area contributed by atoms with Gasteiger partial charge in [-0.2, -0.15) is 0 Å². The number of carbonyl (C=O) groups excluding carboxylic acids is 1. The number of amides is 1. The minimum Gasteiger partial charge on any atom is -0.492 e. The Bertz CT molecular complexity index is 821. The number of carbonyl (C=O) groups is 1. The normalized spacial score (nSPS) is 15.9. The summed E-state index contributed by atoms with van der Waals surface area (Å²) in [5, 5.41) is 6.80. The van der Waals surface area contributed by atoms with Crippen LogP contribution in [0.3, 0.4) is 0 Å². The lowest BCUT2D eigenvalue weighted by molar-refractivity contribution is -0.127. The lowest BCUT2D eigenvalue weighted by Gasteiger charge is -2.27. The van der Waals surface area contributed by atoms with Crippen molar-refractivity contribution in [3.8, 4) is 5.75 Å². The first-order chi connectivity index (χ1) is 14.1. The molecular formula is C23H30N4O2. The Morgan fingerprint density at radius 2 is 1.83 bits per heavy atom. The van der Waals surface area contributed by atoms with Crippen LogP contribution in [-0.4, -0.2) is 56.6 Å². The highest BCUT2D eigenvalue weighted by atomic mass is 16.5. The maximum absolute atomic E-state index is 12.0. The molecule has 0 spiro atoms. The van der Waals surface area contributed by atoms with Gasteiger partial charge in [0.1, 0.15) is 18.9 Å². The molecule has 2 N–H and O–H groups in total. The molecule has 0 fully saturated rings. The number of likely N-dealkylation sites (N-methyl/N-ethyl adjacent to an activating group) is 1. The first kappa shape index (κ1) is 20.7. The van der Waals surface area contributed by atoms with Crippen molar-refractivity contribution < 1.29 is 9.53 Å². The van der Waals surface area contributed by atoms with E-state index in [1.807, 2.05) is 30.3 Å². The fourth-order valence-electron chi connectivity index (χ4n) is 3.31. The average Bonchev–Trinajstić information content (AvgIpc) is 2.75. The fraction of sp³-hybridized carbons (Fsp3) is 0.391. The zero-order chi connectivity index (χ0) is 20.5. The molecular weight excluding hydrogens is 364 g/mol. The van der Waals surface area contributed by atoms with Gasteiger partial charge in [-0.1, -0.05) is 42.5 Å². The number of guanidine groups is 1. The predicted octanol–water partition coefficient (Wildman–Crippen LogP) is 2.25. The molecule has 6 nitrogen and oxygen atoms in total. The summed E-state index contributed by atoms with van der Waals surface area (Å²) in [6.07, 6.45) is 3.05. The Labute approximate surface area is 173 Å². The number of aliphatic imine (C=N–C) groups is 1. The molecule has 2 aromatic rings. The lowest BCUT2D eigenvalue weighted by Crippen LogP contribution is -2.47. The minimum absolute atomic E-state index is 0.0272. The van der Waals surface area contributed by atoms with Crippen LogP contribution in [0.5, 0.6) is 5.75 Å².